The summed E-state index contributed by atoms with van der Waals surface area (Å²) in [7, 11) is 4.00. The highest BCUT2D eigenvalue weighted by atomic mass is 16.2. The van der Waals surface area contributed by atoms with Crippen LogP contribution in [0.15, 0.2) is 30.3 Å². The second kappa shape index (κ2) is 7.44. The van der Waals surface area contributed by atoms with E-state index in [1.54, 1.807) is 0 Å². The van der Waals surface area contributed by atoms with E-state index < -0.39 is 0 Å². The van der Waals surface area contributed by atoms with E-state index in [1.165, 1.54) is 18.4 Å². The van der Waals surface area contributed by atoms with E-state index in [-0.39, 0.29) is 5.91 Å². The van der Waals surface area contributed by atoms with Gasteiger partial charge in [0.1, 0.15) is 0 Å². The summed E-state index contributed by atoms with van der Waals surface area (Å²) in [4.78, 5) is 14.3. The van der Waals surface area contributed by atoms with Crippen molar-refractivity contribution in [3.8, 4) is 0 Å². The summed E-state index contributed by atoms with van der Waals surface area (Å²) >= 11 is 0. The van der Waals surface area contributed by atoms with Crippen LogP contribution in [0.2, 0.25) is 0 Å². The Morgan fingerprint density at radius 3 is 2.45 bits per heavy atom. The summed E-state index contributed by atoms with van der Waals surface area (Å²) in [6.07, 6.45) is 6.06. The fourth-order valence-electron chi connectivity index (χ4n) is 3.03. The van der Waals surface area contributed by atoms with Gasteiger partial charge in [-0.1, -0.05) is 30.3 Å². The molecule has 1 aliphatic rings. The number of nitrogens with zero attached hydrogens (tertiary/aromatic N) is 1. The maximum atomic E-state index is 12.3. The molecule has 3 heteroatoms. The summed E-state index contributed by atoms with van der Waals surface area (Å²) in [5, 5.41) is 3.34. The first kappa shape index (κ1) is 15.0. The van der Waals surface area contributed by atoms with Gasteiger partial charge in [-0.25, -0.2) is 0 Å². The first-order chi connectivity index (χ1) is 9.70. The molecule has 1 saturated carbocycles. The minimum absolute atomic E-state index is 0.279. The van der Waals surface area contributed by atoms with Crippen molar-refractivity contribution in [3.05, 3.63) is 35.9 Å². The van der Waals surface area contributed by atoms with Gasteiger partial charge >= 0.3 is 0 Å². The fourth-order valence-corrected chi connectivity index (χ4v) is 3.03. The molecule has 0 bridgehead atoms. The molecule has 0 atom stereocenters. The average molecular weight is 274 g/mol. The van der Waals surface area contributed by atoms with E-state index in [9.17, 15) is 4.79 Å². The summed E-state index contributed by atoms with van der Waals surface area (Å²) in [5.74, 6) is 0.279. The summed E-state index contributed by atoms with van der Waals surface area (Å²) in [5.41, 5.74) is 1.24. The molecule has 20 heavy (non-hydrogen) atoms. The number of hydrogen-bond donors (Lipinski definition) is 1. The number of benzene rings is 1. The van der Waals surface area contributed by atoms with E-state index in [1.807, 2.05) is 37.2 Å². The lowest BCUT2D eigenvalue weighted by molar-refractivity contribution is -0.132. The Kier molecular flexibility index (Phi) is 5.60. The van der Waals surface area contributed by atoms with Gasteiger partial charge in [0.2, 0.25) is 5.91 Å². The van der Waals surface area contributed by atoms with Crippen molar-refractivity contribution in [2.75, 3.05) is 14.1 Å². The quantitative estimate of drug-likeness (QED) is 0.895. The smallest absolute Gasteiger partial charge is 0.222 e. The van der Waals surface area contributed by atoms with Gasteiger partial charge in [-0.05, 0) is 44.7 Å². The molecular formula is C17H26N2O. The molecule has 0 aromatic heterocycles. The highest BCUT2D eigenvalue weighted by molar-refractivity contribution is 5.76. The topological polar surface area (TPSA) is 32.3 Å². The van der Waals surface area contributed by atoms with Crippen LogP contribution in [0.25, 0.3) is 0 Å². The molecule has 1 fully saturated rings. The Morgan fingerprint density at radius 1 is 1.20 bits per heavy atom. The van der Waals surface area contributed by atoms with Crippen molar-refractivity contribution in [1.82, 2.24) is 10.2 Å². The van der Waals surface area contributed by atoms with E-state index in [4.69, 9.17) is 0 Å². The zero-order valence-corrected chi connectivity index (χ0v) is 12.6. The monoisotopic (exact) mass is 274 g/mol. The molecule has 1 N–H and O–H groups in total. The van der Waals surface area contributed by atoms with Crippen LogP contribution in [-0.4, -0.2) is 37.0 Å². The predicted molar refractivity (Wildman–Crippen MR) is 82.6 cm³/mol. The maximum Gasteiger partial charge on any atom is 0.222 e. The molecule has 0 unspecified atom stereocenters. The van der Waals surface area contributed by atoms with Crippen LogP contribution in [0.3, 0.4) is 0 Å². The highest BCUT2D eigenvalue weighted by Crippen LogP contribution is 2.22. The van der Waals surface area contributed by atoms with Gasteiger partial charge in [0.15, 0.2) is 0 Å². The molecular weight excluding hydrogens is 248 g/mol. The van der Waals surface area contributed by atoms with Gasteiger partial charge in [-0.2, -0.15) is 0 Å². The van der Waals surface area contributed by atoms with Gasteiger partial charge in [0.05, 0.1) is 0 Å². The Morgan fingerprint density at radius 2 is 1.85 bits per heavy atom. The normalized spacial score (nSPS) is 22.5. The third kappa shape index (κ3) is 4.07. The zero-order chi connectivity index (χ0) is 14.4. The first-order valence-electron chi connectivity index (χ1n) is 7.67. The maximum absolute atomic E-state index is 12.3. The second-order valence-electron chi connectivity index (χ2n) is 5.78. The van der Waals surface area contributed by atoms with Crippen molar-refractivity contribution in [2.24, 2.45) is 0 Å². The highest BCUT2D eigenvalue weighted by Gasteiger charge is 2.25. The van der Waals surface area contributed by atoms with Crippen molar-refractivity contribution >= 4 is 5.91 Å². The van der Waals surface area contributed by atoms with Gasteiger partial charge in [0.25, 0.3) is 0 Å². The molecule has 0 radical (unpaired) electrons. The van der Waals surface area contributed by atoms with Crippen LogP contribution in [0.5, 0.6) is 0 Å². The summed E-state index contributed by atoms with van der Waals surface area (Å²) in [6.45, 7) is 0. The number of hydrogen-bond acceptors (Lipinski definition) is 2. The number of nitrogens with one attached hydrogen (secondary N) is 1. The van der Waals surface area contributed by atoms with Gasteiger partial charge < -0.3 is 10.2 Å². The SMILES string of the molecule is CNC1CCC(N(C)C(=O)CCc2ccccc2)CC1. The van der Waals surface area contributed by atoms with E-state index >= 15 is 0 Å². The number of carbonyl (C=O) groups is 1. The second-order valence-corrected chi connectivity index (χ2v) is 5.78. The lowest BCUT2D eigenvalue weighted by atomic mass is 9.90. The number of carbonyl (C=O) groups excluding carboxylic acids is 1. The van der Waals surface area contributed by atoms with Crippen LogP contribution >= 0.6 is 0 Å². The van der Waals surface area contributed by atoms with Crippen LogP contribution in [0, 0.1) is 0 Å². The van der Waals surface area contributed by atoms with Crippen molar-refractivity contribution < 1.29 is 4.79 Å². The molecule has 1 amide bonds. The Bertz CT molecular complexity index is 410. The standard InChI is InChI=1S/C17H26N2O/c1-18-15-9-11-16(12-10-15)19(2)17(20)13-8-14-6-4-3-5-7-14/h3-7,15-16,18H,8-13H2,1-2H3. The minimum Gasteiger partial charge on any atom is -0.343 e. The van der Waals surface area contributed by atoms with Crippen molar-refractivity contribution in [3.63, 3.8) is 0 Å². The predicted octanol–water partition coefficient (Wildman–Crippen LogP) is 2.61. The lowest BCUT2D eigenvalue weighted by Crippen LogP contribution is -2.42. The van der Waals surface area contributed by atoms with Crippen LogP contribution < -0.4 is 5.32 Å². The third-order valence-electron chi connectivity index (χ3n) is 4.52. The minimum atomic E-state index is 0.279. The Hall–Kier alpha value is -1.35. The lowest BCUT2D eigenvalue weighted by Gasteiger charge is -2.34. The third-order valence-corrected chi connectivity index (χ3v) is 4.52. The van der Waals surface area contributed by atoms with Gasteiger partial charge in [-0.15, -0.1) is 0 Å². The molecule has 110 valence electrons. The van der Waals surface area contributed by atoms with E-state index in [2.05, 4.69) is 17.4 Å². The number of amides is 1. The molecule has 0 heterocycles. The van der Waals surface area contributed by atoms with Crippen LogP contribution in [0.1, 0.15) is 37.7 Å². The van der Waals surface area contributed by atoms with E-state index in [0.717, 1.165) is 19.3 Å². The van der Waals surface area contributed by atoms with E-state index in [0.29, 0.717) is 18.5 Å². The molecule has 0 spiro atoms. The Labute approximate surface area is 122 Å². The zero-order valence-electron chi connectivity index (χ0n) is 12.6. The molecule has 1 aliphatic carbocycles. The average Bonchev–Trinajstić information content (AvgIpc) is 2.53. The number of rotatable bonds is 5. The van der Waals surface area contributed by atoms with Crippen molar-refractivity contribution in [1.29, 1.82) is 0 Å². The molecule has 0 aliphatic heterocycles. The molecule has 1 aromatic rings. The van der Waals surface area contributed by atoms with Crippen molar-refractivity contribution in [2.45, 2.75) is 50.6 Å². The van der Waals surface area contributed by atoms with Gasteiger partial charge in [0, 0.05) is 25.6 Å². The fraction of sp³-hybridized carbons (Fsp3) is 0.588. The van der Waals surface area contributed by atoms with Gasteiger partial charge in [-0.3, -0.25) is 4.79 Å². The molecule has 0 saturated heterocycles. The molecule has 2 rings (SSSR count). The largest absolute Gasteiger partial charge is 0.343 e. The first-order valence-corrected chi connectivity index (χ1v) is 7.67. The Balaban J connectivity index is 1.77. The summed E-state index contributed by atoms with van der Waals surface area (Å²) < 4.78 is 0. The number of aryl methyl sites for hydroxylation is 1. The van der Waals surface area contributed by atoms with Crippen LogP contribution in [-0.2, 0) is 11.2 Å². The molecule has 3 nitrogen and oxygen atoms in total. The summed E-state index contributed by atoms with van der Waals surface area (Å²) in [6, 6.07) is 11.3. The van der Waals surface area contributed by atoms with Crippen LogP contribution in [0.4, 0.5) is 0 Å². The molecule has 1 aromatic carbocycles.